The molecule has 0 aliphatic carbocycles. The van der Waals surface area contributed by atoms with Crippen molar-refractivity contribution in [1.82, 2.24) is 0 Å². The first-order valence-corrected chi connectivity index (χ1v) is 13.1. The monoisotopic (exact) mass is 596 g/mol. The zero-order valence-electron chi connectivity index (χ0n) is 22.1. The van der Waals surface area contributed by atoms with E-state index < -0.39 is 91.4 Å². The molecule has 5 rings (SSSR count). The number of ketones is 1. The van der Waals surface area contributed by atoms with Gasteiger partial charge in [0.25, 0.3) is 0 Å². The number of ether oxygens (including phenoxy) is 5. The molecule has 0 amide bonds. The van der Waals surface area contributed by atoms with Crippen LogP contribution in [0.15, 0.2) is 30.3 Å². The van der Waals surface area contributed by atoms with Gasteiger partial charge >= 0.3 is 0 Å². The first kappa shape index (κ1) is 30.2. The van der Waals surface area contributed by atoms with Gasteiger partial charge in [0.2, 0.25) is 6.29 Å². The van der Waals surface area contributed by atoms with Crippen molar-refractivity contribution >= 4 is 5.78 Å². The molecule has 0 bridgehead atoms. The lowest BCUT2D eigenvalue weighted by Gasteiger charge is -2.45. The number of carbonyl (C=O) groups excluding carboxylic acids is 1. The molecule has 0 spiro atoms. The Morgan fingerprint density at radius 2 is 1.57 bits per heavy atom. The lowest BCUT2D eigenvalue weighted by Crippen LogP contribution is -2.64. The molecule has 2 aromatic rings. The highest BCUT2D eigenvalue weighted by molar-refractivity contribution is 6.02. The van der Waals surface area contributed by atoms with Crippen LogP contribution < -0.4 is 9.47 Å². The van der Waals surface area contributed by atoms with Gasteiger partial charge < -0.3 is 69.6 Å². The Bertz CT molecular complexity index is 1300. The van der Waals surface area contributed by atoms with Gasteiger partial charge in [0.1, 0.15) is 65.5 Å². The van der Waals surface area contributed by atoms with E-state index in [1.54, 1.807) is 0 Å². The Hall–Kier alpha value is -3.25. The van der Waals surface area contributed by atoms with Crippen LogP contribution in [0.25, 0.3) is 0 Å². The zero-order chi connectivity index (χ0) is 30.5. The number of carbonyl (C=O) groups is 1. The number of aliphatic hydroxyl groups excluding tert-OH is 6. The highest BCUT2D eigenvalue weighted by atomic mass is 16.8. The van der Waals surface area contributed by atoms with E-state index in [0.29, 0.717) is 5.56 Å². The molecule has 230 valence electrons. The summed E-state index contributed by atoms with van der Waals surface area (Å²) in [6.07, 6.45) is -16.5. The summed E-state index contributed by atoms with van der Waals surface area (Å²) in [6, 6.07) is 6.25. The topological polar surface area (TPSA) is 245 Å². The van der Waals surface area contributed by atoms with Crippen LogP contribution in [-0.2, 0) is 14.2 Å². The molecule has 2 aromatic carbocycles. The molecule has 0 radical (unpaired) electrons. The average Bonchev–Trinajstić information content (AvgIpc) is 2.95. The third kappa shape index (κ3) is 5.58. The summed E-state index contributed by atoms with van der Waals surface area (Å²) in [6.45, 7) is 0.683. The summed E-state index contributed by atoms with van der Waals surface area (Å²) in [4.78, 5) is 12.9. The smallest absolute Gasteiger partial charge is 0.229 e. The van der Waals surface area contributed by atoms with Gasteiger partial charge in [-0.2, -0.15) is 0 Å². The van der Waals surface area contributed by atoms with Crippen LogP contribution in [0.3, 0.4) is 0 Å². The van der Waals surface area contributed by atoms with Crippen molar-refractivity contribution in [2.24, 2.45) is 0 Å². The van der Waals surface area contributed by atoms with E-state index in [1.807, 2.05) is 0 Å². The number of fused-ring (bicyclic) bond motifs is 1. The van der Waals surface area contributed by atoms with Crippen molar-refractivity contribution in [3.63, 3.8) is 0 Å². The predicted molar refractivity (Wildman–Crippen MR) is 136 cm³/mol. The number of aliphatic hydroxyl groups is 6. The normalized spacial score (nSPS) is 36.6. The summed E-state index contributed by atoms with van der Waals surface area (Å²) in [5.41, 5.74) is 0.234. The van der Waals surface area contributed by atoms with Crippen LogP contribution in [0, 0.1) is 0 Å². The van der Waals surface area contributed by atoms with Crippen LogP contribution in [-0.4, -0.2) is 120 Å². The molecule has 0 aromatic heterocycles. The fraction of sp³-hybridized carbons (Fsp3) is 0.519. The quantitative estimate of drug-likeness (QED) is 0.173. The Kier molecular flexibility index (Phi) is 8.48. The van der Waals surface area contributed by atoms with Gasteiger partial charge in [-0.3, -0.25) is 4.79 Å². The van der Waals surface area contributed by atoms with Crippen LogP contribution in [0.4, 0.5) is 0 Å². The molecule has 42 heavy (non-hydrogen) atoms. The molecule has 3 heterocycles. The predicted octanol–water partition coefficient (Wildman–Crippen LogP) is -1.46. The van der Waals surface area contributed by atoms with Gasteiger partial charge in [0, 0.05) is 12.1 Å². The Morgan fingerprint density at radius 3 is 2.26 bits per heavy atom. The molecule has 0 saturated carbocycles. The molecule has 15 nitrogen and oxygen atoms in total. The largest absolute Gasteiger partial charge is 0.507 e. The third-order valence-corrected chi connectivity index (χ3v) is 7.52. The van der Waals surface area contributed by atoms with Crippen molar-refractivity contribution in [2.75, 3.05) is 6.61 Å². The van der Waals surface area contributed by atoms with Crippen molar-refractivity contribution in [2.45, 2.75) is 80.9 Å². The zero-order valence-corrected chi connectivity index (χ0v) is 22.1. The average molecular weight is 597 g/mol. The summed E-state index contributed by atoms with van der Waals surface area (Å²) < 4.78 is 28.4. The van der Waals surface area contributed by atoms with E-state index >= 15 is 0 Å². The second-order valence-corrected chi connectivity index (χ2v) is 10.4. The van der Waals surface area contributed by atoms with Gasteiger partial charge in [0.05, 0.1) is 19.1 Å². The minimum atomic E-state index is -1.77. The maximum Gasteiger partial charge on any atom is 0.229 e. The highest BCUT2D eigenvalue weighted by Crippen LogP contribution is 2.43. The van der Waals surface area contributed by atoms with E-state index in [4.69, 9.17) is 23.7 Å². The molecular formula is C27H32O15. The molecule has 9 N–H and O–H groups in total. The second-order valence-electron chi connectivity index (χ2n) is 10.4. The van der Waals surface area contributed by atoms with Crippen LogP contribution in [0.5, 0.6) is 28.7 Å². The lowest BCUT2D eigenvalue weighted by atomic mass is 9.95. The minimum Gasteiger partial charge on any atom is -0.507 e. The van der Waals surface area contributed by atoms with Crippen molar-refractivity contribution in [3.05, 3.63) is 41.5 Å². The van der Waals surface area contributed by atoms with Gasteiger partial charge in [-0.1, -0.05) is 6.07 Å². The van der Waals surface area contributed by atoms with Gasteiger partial charge in [0.15, 0.2) is 29.7 Å². The molecule has 11 atom stereocenters. The molecule has 15 heteroatoms. The van der Waals surface area contributed by atoms with Crippen molar-refractivity contribution in [1.29, 1.82) is 0 Å². The number of rotatable bonds is 6. The molecule has 3 aliphatic rings. The summed E-state index contributed by atoms with van der Waals surface area (Å²) >= 11 is 0. The Morgan fingerprint density at radius 1 is 0.833 bits per heavy atom. The maximum absolute atomic E-state index is 12.9. The molecular weight excluding hydrogens is 564 g/mol. The van der Waals surface area contributed by atoms with E-state index in [1.165, 1.54) is 31.2 Å². The van der Waals surface area contributed by atoms with E-state index in [-0.39, 0.29) is 29.2 Å². The number of aromatic hydroxyl groups is 3. The molecule has 0 unspecified atom stereocenters. The number of Topliss-reactive ketones (excluding diaryl/α,β-unsaturated/α-hetero) is 1. The summed E-state index contributed by atoms with van der Waals surface area (Å²) in [7, 11) is 0. The van der Waals surface area contributed by atoms with Gasteiger partial charge in [-0.25, -0.2) is 0 Å². The maximum atomic E-state index is 12.9. The fourth-order valence-corrected chi connectivity index (χ4v) is 5.12. The molecule has 2 saturated heterocycles. The standard InChI is InChI=1S/C27H32O15/c1-9-20(33)22(35)24(37)26(38-9)42-25-23(36)21(34)18(8-28)41-27(25)39-11-5-14(31)19-15(32)7-16(40-17(19)6-11)10-2-3-12(29)13(30)4-10/h2-6,9,16,18,20-31,33-37H,7-8H2,1H3/t9-,16-,18-,20-,21+,22-,23+,24-,25-,26-,27+/m0/s1. The number of hydrogen-bond acceptors (Lipinski definition) is 15. The number of phenolic OH excluding ortho intramolecular Hbond substituents is 3. The fourth-order valence-electron chi connectivity index (χ4n) is 5.12. The lowest BCUT2D eigenvalue weighted by molar-refractivity contribution is -0.354. The highest BCUT2D eigenvalue weighted by Gasteiger charge is 2.51. The second kappa shape index (κ2) is 11.8. The third-order valence-electron chi connectivity index (χ3n) is 7.52. The Balaban J connectivity index is 1.42. The van der Waals surface area contributed by atoms with Crippen LogP contribution in [0.1, 0.15) is 35.4 Å². The van der Waals surface area contributed by atoms with E-state index in [2.05, 4.69) is 0 Å². The van der Waals surface area contributed by atoms with Crippen molar-refractivity contribution in [3.8, 4) is 28.7 Å². The molecule has 3 aliphatic heterocycles. The minimum absolute atomic E-state index is 0.0941. The first-order valence-electron chi connectivity index (χ1n) is 13.1. The number of hydrogen-bond donors (Lipinski definition) is 9. The van der Waals surface area contributed by atoms with Gasteiger partial charge in [-0.15, -0.1) is 0 Å². The number of benzene rings is 2. The van der Waals surface area contributed by atoms with Crippen LogP contribution in [0.2, 0.25) is 0 Å². The summed E-state index contributed by atoms with van der Waals surface area (Å²) in [5.74, 6) is -2.02. The SMILES string of the molecule is C[C@@H]1O[C@@H](O[C@@H]2[C@H](Oc3cc(O)c4c(c3)O[C@H](c3ccc(O)c(O)c3)CC4=O)O[C@@H](CO)[C@@H](O)[C@H]2O)[C@@H](O)[C@@H](O)[C@H]1O. The number of phenols is 3. The van der Waals surface area contributed by atoms with E-state index in [9.17, 15) is 50.8 Å². The van der Waals surface area contributed by atoms with Crippen molar-refractivity contribution < 1.29 is 74.4 Å². The van der Waals surface area contributed by atoms with Crippen LogP contribution >= 0.6 is 0 Å². The van der Waals surface area contributed by atoms with E-state index in [0.717, 1.165) is 6.07 Å². The van der Waals surface area contributed by atoms with Gasteiger partial charge in [-0.05, 0) is 24.6 Å². The Labute approximate surface area is 238 Å². The first-order chi connectivity index (χ1) is 19.9. The summed E-state index contributed by atoms with van der Waals surface area (Å²) in [5, 5.41) is 91.6. The molecule has 2 fully saturated rings.